The Kier molecular flexibility index (Phi) is 5.62. The standard InChI is InChI=1S/C18H21N5O2/c19-12-14-6-3-4-7-15(14)25-13-18(24)20-10-9-17-22-21-16-8-2-1-5-11-23(16)17/h3-4,6-7H,1-2,5,8-11,13H2,(H,20,24). The van der Waals surface area contributed by atoms with Crippen LogP contribution in [0, 0.1) is 11.3 Å². The number of fused-ring (bicyclic) bond motifs is 1. The van der Waals surface area contributed by atoms with Crippen LogP contribution >= 0.6 is 0 Å². The lowest BCUT2D eigenvalue weighted by molar-refractivity contribution is -0.123. The van der Waals surface area contributed by atoms with Crippen LogP contribution in [0.1, 0.15) is 36.5 Å². The number of aryl methyl sites for hydroxylation is 1. The number of aromatic nitrogens is 3. The molecule has 0 saturated carbocycles. The monoisotopic (exact) mass is 339 g/mol. The van der Waals surface area contributed by atoms with Gasteiger partial charge < -0.3 is 14.6 Å². The molecule has 0 fully saturated rings. The molecule has 3 rings (SSSR count). The number of nitrogens with zero attached hydrogens (tertiary/aromatic N) is 4. The molecule has 130 valence electrons. The van der Waals surface area contributed by atoms with Gasteiger partial charge in [-0.1, -0.05) is 18.6 Å². The maximum absolute atomic E-state index is 11.9. The maximum atomic E-state index is 11.9. The molecule has 25 heavy (non-hydrogen) atoms. The Morgan fingerprint density at radius 3 is 3.04 bits per heavy atom. The zero-order valence-corrected chi connectivity index (χ0v) is 14.1. The number of nitrogens with one attached hydrogen (secondary N) is 1. The van der Waals surface area contributed by atoms with Crippen molar-refractivity contribution in [1.29, 1.82) is 5.26 Å². The lowest BCUT2D eigenvalue weighted by atomic mass is 10.2. The smallest absolute Gasteiger partial charge is 0.257 e. The summed E-state index contributed by atoms with van der Waals surface area (Å²) in [5.74, 6) is 2.18. The molecule has 1 aliphatic rings. The van der Waals surface area contributed by atoms with Gasteiger partial charge in [0.05, 0.1) is 5.56 Å². The minimum atomic E-state index is -0.219. The van der Waals surface area contributed by atoms with E-state index in [1.165, 1.54) is 6.42 Å². The molecule has 7 nitrogen and oxygen atoms in total. The largest absolute Gasteiger partial charge is 0.482 e. The van der Waals surface area contributed by atoms with Crippen molar-refractivity contribution in [2.75, 3.05) is 13.2 Å². The number of benzene rings is 1. The van der Waals surface area contributed by atoms with Crippen LogP contribution in [0.4, 0.5) is 0 Å². The van der Waals surface area contributed by atoms with Gasteiger partial charge in [0.2, 0.25) is 0 Å². The van der Waals surface area contributed by atoms with Crippen LogP contribution in [0.5, 0.6) is 5.75 Å². The summed E-state index contributed by atoms with van der Waals surface area (Å²) in [7, 11) is 0. The number of carbonyl (C=O) groups excluding carboxylic acids is 1. The molecule has 1 aromatic heterocycles. The Labute approximate surface area is 146 Å². The number of ether oxygens (including phenoxy) is 1. The zero-order valence-electron chi connectivity index (χ0n) is 14.1. The second-order valence-corrected chi connectivity index (χ2v) is 5.99. The third-order valence-corrected chi connectivity index (χ3v) is 4.22. The number of amides is 1. The van der Waals surface area contributed by atoms with Crippen LogP contribution in [0.3, 0.4) is 0 Å². The first-order chi connectivity index (χ1) is 12.3. The van der Waals surface area contributed by atoms with E-state index in [0.717, 1.165) is 37.5 Å². The Hall–Kier alpha value is -2.88. The van der Waals surface area contributed by atoms with Crippen molar-refractivity contribution in [3.63, 3.8) is 0 Å². The van der Waals surface area contributed by atoms with Crippen LogP contribution < -0.4 is 10.1 Å². The zero-order chi connectivity index (χ0) is 17.5. The predicted octanol–water partition coefficient (Wildman–Crippen LogP) is 1.61. The molecule has 0 atom stereocenters. The molecule has 2 heterocycles. The maximum Gasteiger partial charge on any atom is 0.257 e. The first-order valence-corrected chi connectivity index (χ1v) is 8.57. The molecule has 1 aromatic carbocycles. The molecule has 0 aliphatic carbocycles. The minimum Gasteiger partial charge on any atom is -0.482 e. The van der Waals surface area contributed by atoms with Gasteiger partial charge in [-0.3, -0.25) is 4.79 Å². The highest BCUT2D eigenvalue weighted by atomic mass is 16.5. The summed E-state index contributed by atoms with van der Waals surface area (Å²) < 4.78 is 7.60. The van der Waals surface area contributed by atoms with Crippen LogP contribution in [0.2, 0.25) is 0 Å². The van der Waals surface area contributed by atoms with E-state index in [1.807, 2.05) is 6.07 Å². The van der Waals surface area contributed by atoms with Crippen molar-refractivity contribution in [3.8, 4) is 11.8 Å². The van der Waals surface area contributed by atoms with Crippen molar-refractivity contribution in [2.45, 2.75) is 38.6 Å². The van der Waals surface area contributed by atoms with Gasteiger partial charge in [-0.15, -0.1) is 10.2 Å². The predicted molar refractivity (Wildman–Crippen MR) is 90.9 cm³/mol. The first kappa shape index (κ1) is 17.0. The molecule has 2 aromatic rings. The molecule has 0 unspecified atom stereocenters. The summed E-state index contributed by atoms with van der Waals surface area (Å²) in [6.07, 6.45) is 5.16. The van der Waals surface area contributed by atoms with Gasteiger partial charge >= 0.3 is 0 Å². The average Bonchev–Trinajstić information content (AvgIpc) is 2.87. The highest BCUT2D eigenvalue weighted by Crippen LogP contribution is 2.16. The Balaban J connectivity index is 1.46. The van der Waals surface area contributed by atoms with Gasteiger partial charge in [0.25, 0.3) is 5.91 Å². The highest BCUT2D eigenvalue weighted by Gasteiger charge is 2.14. The third-order valence-electron chi connectivity index (χ3n) is 4.22. The third kappa shape index (κ3) is 4.35. The average molecular weight is 339 g/mol. The molecule has 1 amide bonds. The lowest BCUT2D eigenvalue weighted by Gasteiger charge is -2.09. The quantitative estimate of drug-likeness (QED) is 0.863. The fourth-order valence-electron chi connectivity index (χ4n) is 2.92. The summed E-state index contributed by atoms with van der Waals surface area (Å²) in [4.78, 5) is 11.9. The van der Waals surface area contributed by atoms with E-state index in [1.54, 1.807) is 24.3 Å². The second-order valence-electron chi connectivity index (χ2n) is 5.99. The van der Waals surface area contributed by atoms with Gasteiger partial charge in [-0.05, 0) is 25.0 Å². The topological polar surface area (TPSA) is 92.8 Å². The van der Waals surface area contributed by atoms with Crippen molar-refractivity contribution in [2.24, 2.45) is 0 Å². The molecule has 0 radical (unpaired) electrons. The number of hydrogen-bond acceptors (Lipinski definition) is 5. The van der Waals surface area contributed by atoms with Crippen molar-refractivity contribution in [1.82, 2.24) is 20.1 Å². The SMILES string of the molecule is N#Cc1ccccc1OCC(=O)NCCc1nnc2n1CCCCC2. The van der Waals surface area contributed by atoms with E-state index in [4.69, 9.17) is 10.00 Å². The molecular weight excluding hydrogens is 318 g/mol. The first-order valence-electron chi connectivity index (χ1n) is 8.57. The van der Waals surface area contributed by atoms with E-state index < -0.39 is 0 Å². The summed E-state index contributed by atoms with van der Waals surface area (Å²) in [6.45, 7) is 1.33. The van der Waals surface area contributed by atoms with E-state index in [9.17, 15) is 4.79 Å². The molecular formula is C18H21N5O2. The summed E-state index contributed by atoms with van der Waals surface area (Å²) in [5.41, 5.74) is 0.418. The fourth-order valence-corrected chi connectivity index (χ4v) is 2.92. The van der Waals surface area contributed by atoms with Crippen LogP contribution in [-0.2, 0) is 24.2 Å². The molecule has 1 aliphatic heterocycles. The molecule has 7 heteroatoms. The minimum absolute atomic E-state index is 0.114. The Morgan fingerprint density at radius 2 is 2.16 bits per heavy atom. The molecule has 0 spiro atoms. The summed E-state index contributed by atoms with van der Waals surface area (Å²) in [6, 6.07) is 8.90. The van der Waals surface area contributed by atoms with Gasteiger partial charge in [0.15, 0.2) is 6.61 Å². The normalized spacial score (nSPS) is 13.4. The van der Waals surface area contributed by atoms with Crippen molar-refractivity contribution >= 4 is 5.91 Å². The van der Waals surface area contributed by atoms with E-state index in [-0.39, 0.29) is 12.5 Å². The van der Waals surface area contributed by atoms with Gasteiger partial charge in [-0.25, -0.2) is 0 Å². The van der Waals surface area contributed by atoms with Gasteiger partial charge in [-0.2, -0.15) is 5.26 Å². The molecule has 0 bridgehead atoms. The molecule has 1 N–H and O–H groups in total. The Morgan fingerprint density at radius 1 is 1.28 bits per heavy atom. The Bertz CT molecular complexity index is 778. The number of hydrogen-bond donors (Lipinski definition) is 1. The van der Waals surface area contributed by atoms with Crippen molar-refractivity contribution in [3.05, 3.63) is 41.5 Å². The fraction of sp³-hybridized carbons (Fsp3) is 0.444. The lowest BCUT2D eigenvalue weighted by Crippen LogP contribution is -2.31. The van der Waals surface area contributed by atoms with Crippen molar-refractivity contribution < 1.29 is 9.53 Å². The van der Waals surface area contributed by atoms with Crippen LogP contribution in [0.15, 0.2) is 24.3 Å². The highest BCUT2D eigenvalue weighted by molar-refractivity contribution is 5.77. The van der Waals surface area contributed by atoms with Crippen LogP contribution in [0.25, 0.3) is 0 Å². The van der Waals surface area contributed by atoms with E-state index in [0.29, 0.717) is 24.3 Å². The number of carbonyl (C=O) groups is 1. The van der Waals surface area contributed by atoms with E-state index >= 15 is 0 Å². The number of nitriles is 1. The summed E-state index contributed by atoms with van der Waals surface area (Å²) in [5, 5.41) is 20.3. The van der Waals surface area contributed by atoms with Gasteiger partial charge in [0, 0.05) is 25.9 Å². The summed E-state index contributed by atoms with van der Waals surface area (Å²) >= 11 is 0. The number of para-hydroxylation sites is 1. The van der Waals surface area contributed by atoms with E-state index in [2.05, 4.69) is 20.1 Å². The number of rotatable bonds is 6. The molecule has 0 saturated heterocycles. The second kappa shape index (κ2) is 8.29. The van der Waals surface area contributed by atoms with Gasteiger partial charge in [0.1, 0.15) is 23.5 Å². The van der Waals surface area contributed by atoms with Crippen LogP contribution in [-0.4, -0.2) is 33.8 Å².